The second-order valence-corrected chi connectivity index (χ2v) is 4.26. The maximum absolute atomic E-state index is 10.1. The molecule has 1 aromatic heterocycles. The average Bonchev–Trinajstić information content (AvgIpc) is 2.29. The molecule has 3 N–H and O–H groups in total. The van der Waals surface area contributed by atoms with Gasteiger partial charge in [0.25, 0.3) is 0 Å². The molecule has 0 fully saturated rings. The number of halogens is 1. The summed E-state index contributed by atoms with van der Waals surface area (Å²) >= 11 is 5.89. The second-order valence-electron chi connectivity index (χ2n) is 3.83. The zero-order chi connectivity index (χ0) is 12.3. The van der Waals surface area contributed by atoms with Crippen molar-refractivity contribution in [3.63, 3.8) is 0 Å². The monoisotopic (exact) mass is 248 g/mol. The summed E-state index contributed by atoms with van der Waals surface area (Å²) < 4.78 is 0. The van der Waals surface area contributed by atoms with Gasteiger partial charge in [0.05, 0.1) is 6.10 Å². The van der Waals surface area contributed by atoms with Crippen LogP contribution in [-0.4, -0.2) is 10.1 Å². The average molecular weight is 249 g/mol. The van der Waals surface area contributed by atoms with Crippen LogP contribution >= 0.6 is 11.6 Å². The number of hydrogen-bond acceptors (Lipinski definition) is 3. The smallest absolute Gasteiger partial charge is 0.129 e. The van der Waals surface area contributed by atoms with Gasteiger partial charge in [0.1, 0.15) is 5.82 Å². The highest BCUT2D eigenvalue weighted by molar-refractivity contribution is 6.30. The standard InChI is InChI=1S/C13H13ClN2O/c14-10-4-1-3-9(7-10)8-12(17)11-5-2-6-16-13(11)15/h1-7,12,17H,8H2,(H2,15,16). The molecule has 1 heterocycles. The fourth-order valence-electron chi connectivity index (χ4n) is 1.71. The summed E-state index contributed by atoms with van der Waals surface area (Å²) in [7, 11) is 0. The third-order valence-corrected chi connectivity index (χ3v) is 2.78. The van der Waals surface area contributed by atoms with Crippen LogP contribution in [0.5, 0.6) is 0 Å². The fraction of sp³-hybridized carbons (Fsp3) is 0.154. The van der Waals surface area contributed by atoms with Crippen molar-refractivity contribution in [3.05, 3.63) is 58.7 Å². The molecular weight excluding hydrogens is 236 g/mol. The number of benzene rings is 1. The lowest BCUT2D eigenvalue weighted by Crippen LogP contribution is -2.06. The maximum atomic E-state index is 10.1. The summed E-state index contributed by atoms with van der Waals surface area (Å²) in [6, 6.07) is 10.9. The number of aliphatic hydroxyl groups is 1. The number of aromatic nitrogens is 1. The van der Waals surface area contributed by atoms with E-state index in [1.807, 2.05) is 18.2 Å². The molecule has 4 heteroatoms. The lowest BCUT2D eigenvalue weighted by Gasteiger charge is -2.12. The van der Waals surface area contributed by atoms with Gasteiger partial charge in [-0.25, -0.2) is 4.98 Å². The van der Waals surface area contributed by atoms with Gasteiger partial charge < -0.3 is 10.8 Å². The fourth-order valence-corrected chi connectivity index (χ4v) is 1.92. The predicted molar refractivity (Wildman–Crippen MR) is 68.8 cm³/mol. The Balaban J connectivity index is 2.17. The van der Waals surface area contributed by atoms with Crippen molar-refractivity contribution in [2.45, 2.75) is 12.5 Å². The number of nitrogens with zero attached hydrogens (tertiary/aromatic N) is 1. The Kier molecular flexibility index (Phi) is 3.61. The number of anilines is 1. The molecule has 0 bridgehead atoms. The first-order valence-corrected chi connectivity index (χ1v) is 5.67. The predicted octanol–water partition coefficient (Wildman–Crippen LogP) is 2.59. The number of aliphatic hydroxyl groups excluding tert-OH is 1. The Morgan fingerprint density at radius 2 is 2.12 bits per heavy atom. The third-order valence-electron chi connectivity index (χ3n) is 2.55. The minimum Gasteiger partial charge on any atom is -0.388 e. The summed E-state index contributed by atoms with van der Waals surface area (Å²) in [6.45, 7) is 0. The third kappa shape index (κ3) is 2.96. The molecule has 1 atom stereocenters. The summed E-state index contributed by atoms with van der Waals surface area (Å²) in [4.78, 5) is 3.95. The van der Waals surface area contributed by atoms with Crippen LogP contribution in [0.15, 0.2) is 42.6 Å². The van der Waals surface area contributed by atoms with Gasteiger partial charge >= 0.3 is 0 Å². The van der Waals surface area contributed by atoms with Crippen LogP contribution in [0.25, 0.3) is 0 Å². The van der Waals surface area contributed by atoms with E-state index in [0.717, 1.165) is 5.56 Å². The zero-order valence-electron chi connectivity index (χ0n) is 9.18. The van der Waals surface area contributed by atoms with E-state index in [-0.39, 0.29) is 0 Å². The van der Waals surface area contributed by atoms with Crippen LogP contribution in [0.1, 0.15) is 17.2 Å². The molecule has 0 aliphatic carbocycles. The highest BCUT2D eigenvalue weighted by Gasteiger charge is 2.12. The topological polar surface area (TPSA) is 59.1 Å². The first kappa shape index (κ1) is 11.9. The minimum atomic E-state index is -0.665. The van der Waals surface area contributed by atoms with E-state index in [9.17, 15) is 5.11 Å². The van der Waals surface area contributed by atoms with Gasteiger partial charge in [-0.05, 0) is 23.8 Å². The molecule has 0 aliphatic rings. The van der Waals surface area contributed by atoms with Gasteiger partial charge in [-0.1, -0.05) is 29.8 Å². The van der Waals surface area contributed by atoms with Crippen LogP contribution in [0, 0.1) is 0 Å². The van der Waals surface area contributed by atoms with E-state index < -0.39 is 6.10 Å². The molecule has 0 amide bonds. The minimum absolute atomic E-state index is 0.363. The number of hydrogen-bond donors (Lipinski definition) is 2. The molecule has 0 saturated heterocycles. The normalized spacial score (nSPS) is 12.4. The first-order valence-electron chi connectivity index (χ1n) is 5.29. The van der Waals surface area contributed by atoms with E-state index in [1.165, 1.54) is 0 Å². The Labute approximate surface area is 105 Å². The van der Waals surface area contributed by atoms with E-state index in [4.69, 9.17) is 17.3 Å². The van der Waals surface area contributed by atoms with Crippen LogP contribution in [0.4, 0.5) is 5.82 Å². The van der Waals surface area contributed by atoms with Crippen LogP contribution in [0.3, 0.4) is 0 Å². The van der Waals surface area contributed by atoms with Gasteiger partial charge in [0.15, 0.2) is 0 Å². The van der Waals surface area contributed by atoms with Gasteiger partial charge in [-0.2, -0.15) is 0 Å². The van der Waals surface area contributed by atoms with Crippen LogP contribution < -0.4 is 5.73 Å². The highest BCUT2D eigenvalue weighted by atomic mass is 35.5. The molecule has 3 nitrogen and oxygen atoms in total. The van der Waals surface area contributed by atoms with Crippen LogP contribution in [0.2, 0.25) is 5.02 Å². The molecular formula is C13H13ClN2O. The van der Waals surface area contributed by atoms with Crippen molar-refractivity contribution < 1.29 is 5.11 Å². The summed E-state index contributed by atoms with van der Waals surface area (Å²) in [5.41, 5.74) is 7.32. The molecule has 0 spiro atoms. The van der Waals surface area contributed by atoms with E-state index in [1.54, 1.807) is 24.4 Å². The van der Waals surface area contributed by atoms with Crippen molar-refractivity contribution in [2.75, 3.05) is 5.73 Å². The Morgan fingerprint density at radius 1 is 1.29 bits per heavy atom. The van der Waals surface area contributed by atoms with Gasteiger partial charge in [0.2, 0.25) is 0 Å². The summed E-state index contributed by atoms with van der Waals surface area (Å²) in [5, 5.41) is 10.7. The first-order chi connectivity index (χ1) is 8.16. The molecule has 88 valence electrons. The quantitative estimate of drug-likeness (QED) is 0.878. The lowest BCUT2D eigenvalue weighted by atomic mass is 10.0. The number of pyridine rings is 1. The maximum Gasteiger partial charge on any atom is 0.129 e. The lowest BCUT2D eigenvalue weighted by molar-refractivity contribution is 0.179. The van der Waals surface area contributed by atoms with Gasteiger partial charge in [-0.15, -0.1) is 0 Å². The SMILES string of the molecule is Nc1ncccc1C(O)Cc1cccc(Cl)c1. The highest BCUT2D eigenvalue weighted by Crippen LogP contribution is 2.23. The van der Waals surface area contributed by atoms with Crippen molar-refractivity contribution >= 4 is 17.4 Å². The molecule has 1 unspecified atom stereocenters. The van der Waals surface area contributed by atoms with Crippen molar-refractivity contribution in [1.29, 1.82) is 0 Å². The van der Waals surface area contributed by atoms with Crippen molar-refractivity contribution in [3.8, 4) is 0 Å². The molecule has 0 aliphatic heterocycles. The van der Waals surface area contributed by atoms with E-state index in [0.29, 0.717) is 22.8 Å². The molecule has 17 heavy (non-hydrogen) atoms. The van der Waals surface area contributed by atoms with Gasteiger partial charge in [-0.3, -0.25) is 0 Å². The number of rotatable bonds is 3. The second kappa shape index (κ2) is 5.17. The van der Waals surface area contributed by atoms with Crippen molar-refractivity contribution in [2.24, 2.45) is 0 Å². The van der Waals surface area contributed by atoms with Gasteiger partial charge in [0, 0.05) is 23.2 Å². The number of nitrogens with two attached hydrogens (primary N) is 1. The van der Waals surface area contributed by atoms with Crippen molar-refractivity contribution in [1.82, 2.24) is 4.98 Å². The van der Waals surface area contributed by atoms with Crippen LogP contribution in [-0.2, 0) is 6.42 Å². The molecule has 0 saturated carbocycles. The largest absolute Gasteiger partial charge is 0.388 e. The Morgan fingerprint density at radius 3 is 2.82 bits per heavy atom. The molecule has 0 radical (unpaired) electrons. The molecule has 2 rings (SSSR count). The Bertz CT molecular complexity index is 516. The number of nitrogen functional groups attached to an aromatic ring is 1. The summed E-state index contributed by atoms with van der Waals surface area (Å²) in [6.07, 6.45) is 1.41. The molecule has 2 aromatic rings. The Hall–Kier alpha value is -1.58. The van der Waals surface area contributed by atoms with E-state index in [2.05, 4.69) is 4.98 Å². The molecule has 1 aromatic carbocycles. The summed E-state index contributed by atoms with van der Waals surface area (Å²) in [5.74, 6) is 0.363. The zero-order valence-corrected chi connectivity index (χ0v) is 9.93. The van der Waals surface area contributed by atoms with E-state index >= 15 is 0 Å².